The van der Waals surface area contributed by atoms with Gasteiger partial charge < -0.3 is 10.1 Å². The first-order valence-corrected chi connectivity index (χ1v) is 8.93. The second-order valence-corrected chi connectivity index (χ2v) is 7.15. The van der Waals surface area contributed by atoms with Gasteiger partial charge in [-0.2, -0.15) is 0 Å². The van der Waals surface area contributed by atoms with Crippen molar-refractivity contribution >= 4 is 17.5 Å². The zero-order valence-electron chi connectivity index (χ0n) is 14.5. The van der Waals surface area contributed by atoms with Crippen molar-refractivity contribution in [2.24, 2.45) is 5.92 Å². The standard InChI is InChI=1S/C19H22ClN3O2/c1-12(2)3-4-18(24)23-10-15-8-13-7-14(20)9-16(19(13)25-15)17-11-21-5-6-22-17/h5-7,9,11-12,15H,3-4,8,10H2,1-2H3,(H,23,24). The lowest BCUT2D eigenvalue weighted by molar-refractivity contribution is -0.121. The Morgan fingerprint density at radius 2 is 2.24 bits per heavy atom. The summed E-state index contributed by atoms with van der Waals surface area (Å²) in [5.41, 5.74) is 2.60. The number of nitrogens with one attached hydrogen (secondary N) is 1. The predicted octanol–water partition coefficient (Wildman–Crippen LogP) is 3.65. The van der Waals surface area contributed by atoms with E-state index in [1.807, 2.05) is 12.1 Å². The Morgan fingerprint density at radius 1 is 1.40 bits per heavy atom. The van der Waals surface area contributed by atoms with Crippen LogP contribution in [0.5, 0.6) is 5.75 Å². The Kier molecular flexibility index (Phi) is 5.53. The average molecular weight is 360 g/mol. The molecule has 0 bridgehead atoms. The molecular formula is C19H22ClN3O2. The van der Waals surface area contributed by atoms with E-state index in [-0.39, 0.29) is 12.0 Å². The maximum absolute atomic E-state index is 11.9. The van der Waals surface area contributed by atoms with Gasteiger partial charge in [0.15, 0.2) is 0 Å². The third-order valence-corrected chi connectivity index (χ3v) is 4.40. The van der Waals surface area contributed by atoms with Gasteiger partial charge in [0.25, 0.3) is 0 Å². The maximum Gasteiger partial charge on any atom is 0.220 e. The summed E-state index contributed by atoms with van der Waals surface area (Å²) in [6.07, 6.45) is 7.03. The van der Waals surface area contributed by atoms with Gasteiger partial charge in [0.2, 0.25) is 5.91 Å². The molecule has 0 aliphatic carbocycles. The topological polar surface area (TPSA) is 64.1 Å². The highest BCUT2D eigenvalue weighted by atomic mass is 35.5. The van der Waals surface area contributed by atoms with Crippen molar-refractivity contribution in [1.29, 1.82) is 0 Å². The summed E-state index contributed by atoms with van der Waals surface area (Å²) in [5, 5.41) is 3.61. The largest absolute Gasteiger partial charge is 0.487 e. The Balaban J connectivity index is 1.68. The highest BCUT2D eigenvalue weighted by Crippen LogP contribution is 2.40. The molecule has 6 heteroatoms. The van der Waals surface area contributed by atoms with Gasteiger partial charge in [0.05, 0.1) is 18.4 Å². The van der Waals surface area contributed by atoms with Crippen LogP contribution in [0.15, 0.2) is 30.7 Å². The van der Waals surface area contributed by atoms with E-state index in [9.17, 15) is 4.79 Å². The van der Waals surface area contributed by atoms with Gasteiger partial charge in [-0.1, -0.05) is 25.4 Å². The van der Waals surface area contributed by atoms with Crippen LogP contribution in [0, 0.1) is 5.92 Å². The highest BCUT2D eigenvalue weighted by Gasteiger charge is 2.27. The lowest BCUT2D eigenvalue weighted by Gasteiger charge is -2.13. The Hall–Kier alpha value is -2.14. The van der Waals surface area contributed by atoms with E-state index < -0.39 is 0 Å². The van der Waals surface area contributed by atoms with E-state index in [2.05, 4.69) is 29.1 Å². The van der Waals surface area contributed by atoms with Crippen LogP contribution in [0.4, 0.5) is 0 Å². The van der Waals surface area contributed by atoms with Gasteiger partial charge >= 0.3 is 0 Å². The summed E-state index contributed by atoms with van der Waals surface area (Å²) in [6.45, 7) is 4.71. The third-order valence-electron chi connectivity index (χ3n) is 4.18. The minimum absolute atomic E-state index is 0.0699. The molecule has 0 saturated heterocycles. The molecule has 1 unspecified atom stereocenters. The lowest BCUT2D eigenvalue weighted by Crippen LogP contribution is -2.34. The van der Waals surface area contributed by atoms with E-state index in [4.69, 9.17) is 16.3 Å². The molecular weight excluding hydrogens is 338 g/mol. The molecule has 25 heavy (non-hydrogen) atoms. The fraction of sp³-hybridized carbons (Fsp3) is 0.421. The van der Waals surface area contributed by atoms with E-state index in [0.717, 1.165) is 29.0 Å². The van der Waals surface area contributed by atoms with Gasteiger partial charge in [0, 0.05) is 41.4 Å². The fourth-order valence-corrected chi connectivity index (χ4v) is 3.11. The monoisotopic (exact) mass is 359 g/mol. The van der Waals surface area contributed by atoms with Crippen LogP contribution in [0.3, 0.4) is 0 Å². The lowest BCUT2D eigenvalue weighted by atomic mass is 10.0. The van der Waals surface area contributed by atoms with Crippen molar-refractivity contribution in [3.63, 3.8) is 0 Å². The van der Waals surface area contributed by atoms with Crippen LogP contribution >= 0.6 is 11.6 Å². The van der Waals surface area contributed by atoms with E-state index in [1.165, 1.54) is 0 Å². The number of carbonyl (C=O) groups excluding carboxylic acids is 1. The number of carbonyl (C=O) groups is 1. The number of halogens is 1. The molecule has 1 aliphatic rings. The first-order valence-electron chi connectivity index (χ1n) is 8.55. The van der Waals surface area contributed by atoms with Gasteiger partial charge in [-0.25, -0.2) is 0 Å². The number of benzene rings is 1. The van der Waals surface area contributed by atoms with Gasteiger partial charge in [-0.15, -0.1) is 0 Å². The van der Waals surface area contributed by atoms with Crippen molar-refractivity contribution in [2.75, 3.05) is 6.54 Å². The van der Waals surface area contributed by atoms with Crippen molar-refractivity contribution in [3.05, 3.63) is 41.3 Å². The molecule has 5 nitrogen and oxygen atoms in total. The van der Waals surface area contributed by atoms with Gasteiger partial charge in [-0.3, -0.25) is 14.8 Å². The predicted molar refractivity (Wildman–Crippen MR) is 97.7 cm³/mol. The summed E-state index contributed by atoms with van der Waals surface area (Å²) in [6, 6.07) is 3.76. The number of aromatic nitrogens is 2. The average Bonchev–Trinajstić information content (AvgIpc) is 3.00. The molecule has 0 fully saturated rings. The number of rotatable bonds is 6. The van der Waals surface area contributed by atoms with Crippen molar-refractivity contribution < 1.29 is 9.53 Å². The van der Waals surface area contributed by atoms with Crippen LogP contribution < -0.4 is 10.1 Å². The molecule has 3 rings (SSSR count). The summed E-state index contributed by atoms with van der Waals surface area (Å²) >= 11 is 6.25. The fourth-order valence-electron chi connectivity index (χ4n) is 2.87. The second kappa shape index (κ2) is 7.83. The molecule has 2 heterocycles. The van der Waals surface area contributed by atoms with Crippen LogP contribution in [0.2, 0.25) is 5.02 Å². The molecule has 1 atom stereocenters. The van der Waals surface area contributed by atoms with E-state index >= 15 is 0 Å². The highest BCUT2D eigenvalue weighted by molar-refractivity contribution is 6.31. The zero-order chi connectivity index (χ0) is 17.8. The van der Waals surface area contributed by atoms with Crippen molar-refractivity contribution in [1.82, 2.24) is 15.3 Å². The molecule has 0 radical (unpaired) electrons. The van der Waals surface area contributed by atoms with E-state index in [1.54, 1.807) is 18.6 Å². The first kappa shape index (κ1) is 17.7. The molecule has 1 aromatic carbocycles. The molecule has 0 spiro atoms. The number of ether oxygens (including phenoxy) is 1. The minimum Gasteiger partial charge on any atom is -0.487 e. The molecule has 0 saturated carbocycles. The van der Waals surface area contributed by atoms with Crippen LogP contribution in [0.1, 0.15) is 32.3 Å². The number of hydrogen-bond donors (Lipinski definition) is 1. The quantitative estimate of drug-likeness (QED) is 0.855. The van der Waals surface area contributed by atoms with Crippen molar-refractivity contribution in [3.8, 4) is 17.0 Å². The first-order chi connectivity index (χ1) is 12.0. The third kappa shape index (κ3) is 4.48. The molecule has 1 aliphatic heterocycles. The molecule has 1 aromatic heterocycles. The summed E-state index contributed by atoms with van der Waals surface area (Å²) in [5.74, 6) is 1.38. The molecule has 1 amide bonds. The molecule has 132 valence electrons. The minimum atomic E-state index is -0.0908. The summed E-state index contributed by atoms with van der Waals surface area (Å²) < 4.78 is 6.08. The van der Waals surface area contributed by atoms with Crippen LogP contribution in [-0.4, -0.2) is 28.5 Å². The summed E-state index contributed by atoms with van der Waals surface area (Å²) in [4.78, 5) is 20.4. The summed E-state index contributed by atoms with van der Waals surface area (Å²) in [7, 11) is 0. The smallest absolute Gasteiger partial charge is 0.220 e. The van der Waals surface area contributed by atoms with Crippen LogP contribution in [-0.2, 0) is 11.2 Å². The number of hydrogen-bond acceptors (Lipinski definition) is 4. The molecule has 2 aromatic rings. The normalized spacial score (nSPS) is 15.8. The van der Waals surface area contributed by atoms with Crippen molar-refractivity contribution in [2.45, 2.75) is 39.2 Å². The van der Waals surface area contributed by atoms with Crippen LogP contribution in [0.25, 0.3) is 11.3 Å². The van der Waals surface area contributed by atoms with Gasteiger partial charge in [0.1, 0.15) is 11.9 Å². The van der Waals surface area contributed by atoms with E-state index in [0.29, 0.717) is 30.3 Å². The second-order valence-electron chi connectivity index (χ2n) is 6.71. The number of nitrogens with zero attached hydrogens (tertiary/aromatic N) is 2. The zero-order valence-corrected chi connectivity index (χ0v) is 15.2. The molecule has 1 N–H and O–H groups in total. The Bertz CT molecular complexity index is 750. The number of amides is 1. The SMILES string of the molecule is CC(C)CCC(=O)NCC1Cc2cc(Cl)cc(-c3cnccn3)c2O1. The number of fused-ring (bicyclic) bond motifs is 1. The Morgan fingerprint density at radius 3 is 2.96 bits per heavy atom. The maximum atomic E-state index is 11.9. The Labute approximate surface area is 152 Å². The van der Waals surface area contributed by atoms with Gasteiger partial charge in [-0.05, 0) is 24.5 Å².